The molecule has 1 aromatic heterocycles. The highest BCUT2D eigenvalue weighted by molar-refractivity contribution is 5.98. The smallest absolute Gasteiger partial charge is 0.339 e. The summed E-state index contributed by atoms with van der Waals surface area (Å²) in [5.41, 5.74) is 1.79. The first-order chi connectivity index (χ1) is 13.7. The standard InChI is InChI=1S/C20H25N3O6/c1-11(2)21-20(26)22-18(24)14(5)28-19(25)15-7-6-8-16(9-15)27-10-17-12(3)23-29-13(17)4/h6-9,11,14H,10H2,1-5H3,(H2,21,22,24,26)/t14-/m1/s1. The zero-order valence-electron chi connectivity index (χ0n) is 17.1. The van der Waals surface area contributed by atoms with E-state index in [4.69, 9.17) is 14.0 Å². The fourth-order valence-electron chi connectivity index (χ4n) is 2.37. The quantitative estimate of drug-likeness (QED) is 0.682. The Kier molecular flexibility index (Phi) is 7.35. The summed E-state index contributed by atoms with van der Waals surface area (Å²) in [5, 5.41) is 8.50. The molecule has 0 unspecified atom stereocenters. The molecule has 0 radical (unpaired) electrons. The maximum Gasteiger partial charge on any atom is 0.339 e. The number of urea groups is 1. The van der Waals surface area contributed by atoms with Crippen molar-refractivity contribution < 1.29 is 28.4 Å². The lowest BCUT2D eigenvalue weighted by Crippen LogP contribution is -2.46. The van der Waals surface area contributed by atoms with Gasteiger partial charge in [0.2, 0.25) is 0 Å². The molecule has 1 heterocycles. The third kappa shape index (κ3) is 6.34. The minimum absolute atomic E-state index is 0.131. The van der Waals surface area contributed by atoms with Gasteiger partial charge in [-0.25, -0.2) is 9.59 Å². The van der Waals surface area contributed by atoms with Crippen LogP contribution in [-0.2, 0) is 16.1 Å². The van der Waals surface area contributed by atoms with E-state index < -0.39 is 24.0 Å². The van der Waals surface area contributed by atoms with Crippen molar-refractivity contribution in [3.63, 3.8) is 0 Å². The number of aryl methyl sites for hydroxylation is 2. The molecule has 0 aliphatic heterocycles. The Bertz CT molecular complexity index is 871. The average Bonchev–Trinajstić information content (AvgIpc) is 2.97. The summed E-state index contributed by atoms with van der Waals surface area (Å²) in [7, 11) is 0. The monoisotopic (exact) mass is 403 g/mol. The number of benzene rings is 1. The zero-order chi connectivity index (χ0) is 21.6. The summed E-state index contributed by atoms with van der Waals surface area (Å²) in [6, 6.07) is 5.61. The molecule has 0 saturated heterocycles. The van der Waals surface area contributed by atoms with E-state index >= 15 is 0 Å². The lowest BCUT2D eigenvalue weighted by molar-refractivity contribution is -0.127. The molecule has 156 valence electrons. The first-order valence-electron chi connectivity index (χ1n) is 9.14. The highest BCUT2D eigenvalue weighted by Gasteiger charge is 2.21. The number of imide groups is 1. The lowest BCUT2D eigenvalue weighted by atomic mass is 10.2. The van der Waals surface area contributed by atoms with Crippen molar-refractivity contribution in [2.45, 2.75) is 53.4 Å². The highest BCUT2D eigenvalue weighted by Crippen LogP contribution is 2.19. The number of hydrogen-bond acceptors (Lipinski definition) is 7. The first kappa shape index (κ1) is 21.9. The summed E-state index contributed by atoms with van der Waals surface area (Å²) >= 11 is 0. The van der Waals surface area contributed by atoms with Crippen LogP contribution in [0, 0.1) is 13.8 Å². The van der Waals surface area contributed by atoms with Crippen LogP contribution in [0.4, 0.5) is 4.79 Å². The van der Waals surface area contributed by atoms with Crippen LogP contribution in [0.25, 0.3) is 0 Å². The summed E-state index contributed by atoms with van der Waals surface area (Å²) < 4.78 is 15.9. The molecule has 0 bridgehead atoms. The van der Waals surface area contributed by atoms with Gasteiger partial charge in [0.25, 0.3) is 5.91 Å². The second-order valence-corrected chi connectivity index (χ2v) is 6.78. The van der Waals surface area contributed by atoms with Crippen molar-refractivity contribution in [2.75, 3.05) is 0 Å². The molecule has 2 aromatic rings. The molecule has 9 nitrogen and oxygen atoms in total. The molecule has 29 heavy (non-hydrogen) atoms. The van der Waals surface area contributed by atoms with Gasteiger partial charge in [-0.2, -0.15) is 0 Å². The van der Waals surface area contributed by atoms with Gasteiger partial charge in [0.1, 0.15) is 18.1 Å². The summed E-state index contributed by atoms with van der Waals surface area (Å²) in [4.78, 5) is 35.9. The number of nitrogens with zero attached hydrogens (tertiary/aromatic N) is 1. The van der Waals surface area contributed by atoms with Gasteiger partial charge in [-0.05, 0) is 52.8 Å². The normalized spacial score (nSPS) is 11.7. The van der Waals surface area contributed by atoms with E-state index in [0.717, 1.165) is 11.3 Å². The van der Waals surface area contributed by atoms with E-state index in [1.165, 1.54) is 13.0 Å². The van der Waals surface area contributed by atoms with E-state index in [1.807, 2.05) is 6.92 Å². The Labute approximate surface area is 168 Å². The number of carbonyl (C=O) groups excluding carboxylic acids is 3. The number of carbonyl (C=O) groups is 3. The van der Waals surface area contributed by atoms with Crippen molar-refractivity contribution in [2.24, 2.45) is 0 Å². The van der Waals surface area contributed by atoms with Crippen LogP contribution in [0.1, 0.15) is 48.1 Å². The maximum absolute atomic E-state index is 12.3. The third-order valence-electron chi connectivity index (χ3n) is 3.94. The molecule has 1 atom stereocenters. The van der Waals surface area contributed by atoms with Gasteiger partial charge in [-0.1, -0.05) is 11.2 Å². The number of esters is 1. The van der Waals surface area contributed by atoms with Gasteiger partial charge in [0.05, 0.1) is 16.8 Å². The van der Waals surface area contributed by atoms with Crippen LogP contribution in [0.15, 0.2) is 28.8 Å². The predicted molar refractivity (Wildman–Crippen MR) is 103 cm³/mol. The number of rotatable bonds is 7. The molecule has 9 heteroatoms. The van der Waals surface area contributed by atoms with Crippen LogP contribution in [0.5, 0.6) is 5.75 Å². The molecule has 0 aliphatic carbocycles. The Balaban J connectivity index is 1.94. The van der Waals surface area contributed by atoms with Gasteiger partial charge in [0, 0.05) is 6.04 Å². The Morgan fingerprint density at radius 2 is 1.90 bits per heavy atom. The second-order valence-electron chi connectivity index (χ2n) is 6.78. The van der Waals surface area contributed by atoms with E-state index in [1.54, 1.807) is 39.0 Å². The van der Waals surface area contributed by atoms with Crippen molar-refractivity contribution in [3.8, 4) is 5.75 Å². The van der Waals surface area contributed by atoms with Crippen LogP contribution in [0.2, 0.25) is 0 Å². The van der Waals surface area contributed by atoms with E-state index in [9.17, 15) is 14.4 Å². The number of nitrogens with one attached hydrogen (secondary N) is 2. The van der Waals surface area contributed by atoms with Crippen LogP contribution in [-0.4, -0.2) is 35.2 Å². The van der Waals surface area contributed by atoms with Crippen LogP contribution >= 0.6 is 0 Å². The summed E-state index contributed by atoms with van der Waals surface area (Å²) in [6.07, 6.45) is -1.15. The molecule has 0 fully saturated rings. The summed E-state index contributed by atoms with van der Waals surface area (Å²) in [6.45, 7) is 8.75. The molecule has 2 N–H and O–H groups in total. The van der Waals surface area contributed by atoms with Gasteiger partial charge in [-0.15, -0.1) is 0 Å². The number of aromatic nitrogens is 1. The molecule has 3 amide bonds. The predicted octanol–water partition coefficient (Wildman–Crippen LogP) is 2.65. The first-order valence-corrected chi connectivity index (χ1v) is 9.14. The van der Waals surface area contributed by atoms with Crippen molar-refractivity contribution in [3.05, 3.63) is 46.8 Å². The summed E-state index contributed by atoms with van der Waals surface area (Å²) in [5.74, 6) is -0.311. The molecule has 1 aromatic carbocycles. The van der Waals surface area contributed by atoms with Crippen LogP contribution in [0.3, 0.4) is 0 Å². The zero-order valence-corrected chi connectivity index (χ0v) is 17.1. The lowest BCUT2D eigenvalue weighted by Gasteiger charge is -2.14. The second kappa shape index (κ2) is 9.72. The average molecular weight is 403 g/mol. The molecule has 2 rings (SSSR count). The molecular weight excluding hydrogens is 378 g/mol. The Hall–Kier alpha value is -3.36. The third-order valence-corrected chi connectivity index (χ3v) is 3.94. The maximum atomic E-state index is 12.3. The number of hydrogen-bond donors (Lipinski definition) is 2. The van der Waals surface area contributed by atoms with E-state index in [-0.39, 0.29) is 18.2 Å². The van der Waals surface area contributed by atoms with Crippen molar-refractivity contribution in [1.82, 2.24) is 15.8 Å². The van der Waals surface area contributed by atoms with Crippen molar-refractivity contribution in [1.29, 1.82) is 0 Å². The van der Waals surface area contributed by atoms with Gasteiger partial charge < -0.3 is 19.3 Å². The molecule has 0 saturated carbocycles. The Morgan fingerprint density at radius 3 is 2.52 bits per heavy atom. The topological polar surface area (TPSA) is 120 Å². The van der Waals surface area contributed by atoms with Crippen LogP contribution < -0.4 is 15.4 Å². The minimum Gasteiger partial charge on any atom is -0.489 e. The molecule has 0 aliphatic rings. The van der Waals surface area contributed by atoms with Gasteiger partial charge in [-0.3, -0.25) is 10.1 Å². The van der Waals surface area contributed by atoms with E-state index in [0.29, 0.717) is 11.5 Å². The number of amides is 3. The number of ether oxygens (including phenoxy) is 2. The van der Waals surface area contributed by atoms with Gasteiger partial charge in [0.15, 0.2) is 6.10 Å². The fraction of sp³-hybridized carbons (Fsp3) is 0.400. The minimum atomic E-state index is -1.15. The van der Waals surface area contributed by atoms with E-state index in [2.05, 4.69) is 15.8 Å². The highest BCUT2D eigenvalue weighted by atomic mass is 16.5. The van der Waals surface area contributed by atoms with Crippen molar-refractivity contribution >= 4 is 17.9 Å². The fourth-order valence-corrected chi connectivity index (χ4v) is 2.37. The largest absolute Gasteiger partial charge is 0.489 e. The van der Waals surface area contributed by atoms with Gasteiger partial charge >= 0.3 is 12.0 Å². The Morgan fingerprint density at radius 1 is 1.17 bits per heavy atom. The molecule has 0 spiro atoms. The molecular formula is C20H25N3O6. The SMILES string of the molecule is Cc1noc(C)c1COc1cccc(C(=O)O[C@H](C)C(=O)NC(=O)NC(C)C)c1.